The number of nitrogens with zero attached hydrogens (tertiary/aromatic N) is 1. The van der Waals surface area contributed by atoms with E-state index in [0.717, 1.165) is 32.1 Å². The Hall–Kier alpha value is -1.99. The van der Waals surface area contributed by atoms with Crippen LogP contribution in [0.2, 0.25) is 18.1 Å². The molecule has 0 bridgehead atoms. The molecule has 0 amide bonds. The van der Waals surface area contributed by atoms with E-state index in [4.69, 9.17) is 13.9 Å². The Kier molecular flexibility index (Phi) is 8.16. The number of halogens is 2. The molecule has 2 unspecified atom stereocenters. The normalized spacial score (nSPS) is 19.0. The topological polar surface area (TPSA) is 40.6 Å². The van der Waals surface area contributed by atoms with Crippen LogP contribution >= 0.6 is 0 Å². The minimum absolute atomic E-state index is 0.0419. The number of unbranched alkanes of at least 4 members (excludes halogenated alkanes) is 1. The highest BCUT2D eigenvalue weighted by Crippen LogP contribution is 2.40. The van der Waals surface area contributed by atoms with Crippen LogP contribution in [0.1, 0.15) is 59.8 Å². The van der Waals surface area contributed by atoms with Crippen LogP contribution in [0.5, 0.6) is 11.6 Å². The third-order valence-corrected chi connectivity index (χ3v) is 11.2. The van der Waals surface area contributed by atoms with Gasteiger partial charge < -0.3 is 13.9 Å². The van der Waals surface area contributed by atoms with Crippen molar-refractivity contribution >= 4 is 8.32 Å². The smallest absolute Gasteiger partial charge is 0.221 e. The molecule has 1 aromatic carbocycles. The Morgan fingerprint density at radius 3 is 2.39 bits per heavy atom. The van der Waals surface area contributed by atoms with E-state index in [1.165, 1.54) is 12.1 Å². The van der Waals surface area contributed by atoms with E-state index in [-0.39, 0.29) is 29.6 Å². The molecular formula is C26H37F2NO3Si. The van der Waals surface area contributed by atoms with Crippen LogP contribution in [0, 0.1) is 11.6 Å². The molecule has 1 aliphatic rings. The fourth-order valence-electron chi connectivity index (χ4n) is 3.74. The number of rotatable bonds is 9. The molecule has 4 nitrogen and oxygen atoms in total. The second-order valence-corrected chi connectivity index (χ2v) is 15.1. The Morgan fingerprint density at radius 1 is 1.09 bits per heavy atom. The highest BCUT2D eigenvalue weighted by Gasteiger charge is 2.41. The Labute approximate surface area is 197 Å². The lowest BCUT2D eigenvalue weighted by molar-refractivity contribution is 0.152. The fraction of sp³-hybridized carbons (Fsp3) is 0.577. The highest BCUT2D eigenvalue weighted by molar-refractivity contribution is 6.74. The Balaban J connectivity index is 1.73. The van der Waals surface area contributed by atoms with Gasteiger partial charge in [0.15, 0.2) is 25.7 Å². The third-order valence-electron chi connectivity index (χ3n) is 6.71. The predicted octanol–water partition coefficient (Wildman–Crippen LogP) is 7.53. The Morgan fingerprint density at radius 2 is 1.76 bits per heavy atom. The van der Waals surface area contributed by atoms with Crippen LogP contribution in [-0.4, -0.2) is 32.1 Å². The van der Waals surface area contributed by atoms with Gasteiger partial charge in [0.05, 0.1) is 6.61 Å². The number of aromatic nitrogens is 1. The maximum Gasteiger partial charge on any atom is 0.221 e. The first-order valence-electron chi connectivity index (χ1n) is 11.9. The minimum Gasteiger partial charge on any atom is -0.488 e. The summed E-state index contributed by atoms with van der Waals surface area (Å²) in [5.41, 5.74) is 0.937. The standard InChI is InChI=1S/C26H37F2NO3Si/c1-7-8-14-30-24-22(27)15-18(16-23(24)28)21-10-9-13-29-25(21)31-19-11-12-20(17-19)32-33(5,6)26(2,3)4/h9-10,13,15-16,19-20H,7-8,11-12,14,17H2,1-6H3. The van der Waals surface area contributed by atoms with Gasteiger partial charge >= 0.3 is 0 Å². The van der Waals surface area contributed by atoms with E-state index in [9.17, 15) is 8.78 Å². The number of pyridine rings is 1. The van der Waals surface area contributed by atoms with Gasteiger partial charge in [0.1, 0.15) is 6.10 Å². The van der Waals surface area contributed by atoms with Crippen molar-refractivity contribution in [2.45, 2.75) is 90.1 Å². The van der Waals surface area contributed by atoms with Gasteiger partial charge in [0.2, 0.25) is 5.88 Å². The second kappa shape index (κ2) is 10.5. The van der Waals surface area contributed by atoms with Gasteiger partial charge in [-0.1, -0.05) is 34.1 Å². The van der Waals surface area contributed by atoms with Crippen molar-refractivity contribution in [1.29, 1.82) is 0 Å². The lowest BCUT2D eigenvalue weighted by Crippen LogP contribution is -2.43. The quantitative estimate of drug-likeness (QED) is 0.276. The maximum atomic E-state index is 14.6. The summed E-state index contributed by atoms with van der Waals surface area (Å²) in [6.45, 7) is 13.5. The van der Waals surface area contributed by atoms with E-state index in [0.29, 0.717) is 17.0 Å². The summed E-state index contributed by atoms with van der Waals surface area (Å²) in [6, 6.07) is 6.08. The molecule has 0 aliphatic heterocycles. The van der Waals surface area contributed by atoms with Crippen LogP contribution in [0.25, 0.3) is 11.1 Å². The van der Waals surface area contributed by atoms with Gasteiger partial charge in [-0.2, -0.15) is 0 Å². The molecule has 0 N–H and O–H groups in total. The Bertz CT molecular complexity index is 922. The van der Waals surface area contributed by atoms with E-state index >= 15 is 0 Å². The van der Waals surface area contributed by atoms with Gasteiger partial charge in [-0.25, -0.2) is 13.8 Å². The molecule has 0 saturated heterocycles. The average molecular weight is 478 g/mol. The van der Waals surface area contributed by atoms with Crippen molar-refractivity contribution in [1.82, 2.24) is 4.98 Å². The molecule has 182 valence electrons. The molecule has 2 atom stereocenters. The maximum absolute atomic E-state index is 14.6. The van der Waals surface area contributed by atoms with Crippen molar-refractivity contribution in [3.05, 3.63) is 42.1 Å². The first-order valence-corrected chi connectivity index (χ1v) is 14.8. The number of benzene rings is 1. The minimum atomic E-state index is -1.85. The number of hydrogen-bond donors (Lipinski definition) is 0. The van der Waals surface area contributed by atoms with Crippen LogP contribution in [0.4, 0.5) is 8.78 Å². The van der Waals surface area contributed by atoms with Gasteiger partial charge in [0.25, 0.3) is 0 Å². The fourth-order valence-corrected chi connectivity index (χ4v) is 5.14. The van der Waals surface area contributed by atoms with Crippen molar-refractivity contribution in [3.8, 4) is 22.8 Å². The monoisotopic (exact) mass is 477 g/mol. The van der Waals surface area contributed by atoms with E-state index < -0.39 is 20.0 Å². The molecule has 1 aromatic heterocycles. The number of hydrogen-bond acceptors (Lipinski definition) is 4. The summed E-state index contributed by atoms with van der Waals surface area (Å²) in [7, 11) is -1.85. The molecule has 7 heteroatoms. The summed E-state index contributed by atoms with van der Waals surface area (Å²) in [4.78, 5) is 4.37. The van der Waals surface area contributed by atoms with Crippen molar-refractivity contribution in [3.63, 3.8) is 0 Å². The largest absolute Gasteiger partial charge is 0.488 e. The summed E-state index contributed by atoms with van der Waals surface area (Å²) in [5.74, 6) is -1.40. The first-order chi connectivity index (χ1) is 15.5. The van der Waals surface area contributed by atoms with Crippen LogP contribution in [0.15, 0.2) is 30.5 Å². The zero-order chi connectivity index (χ0) is 24.2. The third kappa shape index (κ3) is 6.32. The van der Waals surface area contributed by atoms with Crippen molar-refractivity contribution in [2.75, 3.05) is 6.61 Å². The molecule has 1 aliphatic carbocycles. The molecule has 0 radical (unpaired) electrons. The molecule has 2 aromatic rings. The molecule has 1 heterocycles. The molecular weight excluding hydrogens is 440 g/mol. The average Bonchev–Trinajstić information content (AvgIpc) is 3.15. The second-order valence-electron chi connectivity index (χ2n) is 10.4. The van der Waals surface area contributed by atoms with Gasteiger partial charge in [0, 0.05) is 24.3 Å². The molecule has 0 spiro atoms. The van der Waals surface area contributed by atoms with Gasteiger partial charge in [-0.3, -0.25) is 0 Å². The van der Waals surface area contributed by atoms with Crippen molar-refractivity contribution < 1.29 is 22.7 Å². The summed E-state index contributed by atoms with van der Waals surface area (Å²) < 4.78 is 47.3. The molecule has 33 heavy (non-hydrogen) atoms. The number of ether oxygens (including phenoxy) is 2. The van der Waals surface area contributed by atoms with Gasteiger partial charge in [-0.15, -0.1) is 0 Å². The molecule has 1 fully saturated rings. The predicted molar refractivity (Wildman–Crippen MR) is 130 cm³/mol. The summed E-state index contributed by atoms with van der Waals surface area (Å²) in [6.07, 6.45) is 5.97. The van der Waals surface area contributed by atoms with Crippen molar-refractivity contribution in [2.24, 2.45) is 0 Å². The first kappa shape index (κ1) is 25.6. The van der Waals surface area contributed by atoms with E-state index in [1.807, 2.05) is 6.92 Å². The van der Waals surface area contributed by atoms with Crippen LogP contribution in [-0.2, 0) is 4.43 Å². The van der Waals surface area contributed by atoms with Gasteiger partial charge in [-0.05, 0) is 67.2 Å². The lowest BCUT2D eigenvalue weighted by Gasteiger charge is -2.38. The molecule has 1 saturated carbocycles. The summed E-state index contributed by atoms with van der Waals surface area (Å²) >= 11 is 0. The molecule has 3 rings (SSSR count). The van der Waals surface area contributed by atoms with E-state index in [2.05, 4.69) is 38.8 Å². The van der Waals surface area contributed by atoms with Crippen LogP contribution in [0.3, 0.4) is 0 Å². The SMILES string of the molecule is CCCCOc1c(F)cc(-c2cccnc2OC2CCC(O[Si](C)(C)C(C)(C)C)C2)cc1F. The summed E-state index contributed by atoms with van der Waals surface area (Å²) in [5, 5.41) is 0.153. The van der Waals surface area contributed by atoms with Crippen LogP contribution < -0.4 is 9.47 Å². The zero-order valence-corrected chi connectivity index (χ0v) is 21.7. The highest BCUT2D eigenvalue weighted by atomic mass is 28.4. The van der Waals surface area contributed by atoms with E-state index in [1.54, 1.807) is 18.3 Å². The lowest BCUT2D eigenvalue weighted by atomic mass is 10.1. The zero-order valence-electron chi connectivity index (χ0n) is 20.7.